The van der Waals surface area contributed by atoms with Gasteiger partial charge in [-0.1, -0.05) is 44.5 Å². The Labute approximate surface area is 117 Å². The second kappa shape index (κ2) is 5.26. The molecule has 1 saturated carbocycles. The van der Waals surface area contributed by atoms with Crippen molar-refractivity contribution in [3.8, 4) is 0 Å². The van der Waals surface area contributed by atoms with E-state index in [0.717, 1.165) is 25.7 Å². The van der Waals surface area contributed by atoms with Gasteiger partial charge in [0.15, 0.2) is 0 Å². The maximum atomic E-state index is 10.8. The van der Waals surface area contributed by atoms with Crippen LogP contribution in [-0.2, 0) is 6.42 Å². The summed E-state index contributed by atoms with van der Waals surface area (Å²) in [5.74, 6) is 0. The van der Waals surface area contributed by atoms with E-state index in [0.29, 0.717) is 6.54 Å². The van der Waals surface area contributed by atoms with E-state index < -0.39 is 0 Å². The van der Waals surface area contributed by atoms with Gasteiger partial charge in [-0.05, 0) is 42.7 Å². The molecule has 0 saturated heterocycles. The van der Waals surface area contributed by atoms with Gasteiger partial charge in [0, 0.05) is 12.0 Å². The van der Waals surface area contributed by atoms with Crippen molar-refractivity contribution < 1.29 is 5.11 Å². The molecule has 3 N–H and O–H groups in total. The monoisotopic (exact) mass is 261 g/mol. The van der Waals surface area contributed by atoms with Crippen molar-refractivity contribution in [1.29, 1.82) is 0 Å². The van der Waals surface area contributed by atoms with Gasteiger partial charge in [-0.2, -0.15) is 0 Å². The SMILES string of the molecule is Cc1ccccc1CC1(CN)CCCC(C)(C)C1O. The predicted octanol–water partition coefficient (Wildman–Crippen LogP) is 3.05. The minimum atomic E-state index is -0.321. The van der Waals surface area contributed by atoms with Crippen LogP contribution in [0.1, 0.15) is 44.2 Å². The lowest BCUT2D eigenvalue weighted by Gasteiger charge is -2.49. The molecule has 2 atom stereocenters. The summed E-state index contributed by atoms with van der Waals surface area (Å²) in [5.41, 5.74) is 8.52. The van der Waals surface area contributed by atoms with Gasteiger partial charge in [-0.15, -0.1) is 0 Å². The largest absolute Gasteiger partial charge is 0.392 e. The molecule has 1 aromatic carbocycles. The first-order valence-electron chi connectivity index (χ1n) is 7.34. The summed E-state index contributed by atoms with van der Waals surface area (Å²) in [6.45, 7) is 7.03. The van der Waals surface area contributed by atoms with Crippen molar-refractivity contribution in [1.82, 2.24) is 0 Å². The molecule has 0 aliphatic heterocycles. The Kier molecular flexibility index (Phi) is 4.03. The molecular formula is C17H27NO. The molecule has 0 bridgehead atoms. The van der Waals surface area contributed by atoms with E-state index in [4.69, 9.17) is 5.73 Å². The Bertz CT molecular complexity index is 441. The number of rotatable bonds is 3. The van der Waals surface area contributed by atoms with Crippen LogP contribution in [0.5, 0.6) is 0 Å². The van der Waals surface area contributed by atoms with E-state index in [9.17, 15) is 5.11 Å². The molecule has 2 unspecified atom stereocenters. The normalized spacial score (nSPS) is 30.3. The average molecular weight is 261 g/mol. The van der Waals surface area contributed by atoms with E-state index in [1.54, 1.807) is 0 Å². The zero-order chi connectivity index (χ0) is 14.1. The molecule has 0 amide bonds. The fourth-order valence-corrected chi connectivity index (χ4v) is 3.66. The quantitative estimate of drug-likeness (QED) is 0.878. The molecular weight excluding hydrogens is 234 g/mol. The molecule has 0 radical (unpaired) electrons. The van der Waals surface area contributed by atoms with Gasteiger partial charge in [0.1, 0.15) is 0 Å². The van der Waals surface area contributed by atoms with Gasteiger partial charge in [0.25, 0.3) is 0 Å². The summed E-state index contributed by atoms with van der Waals surface area (Å²) in [5, 5.41) is 10.8. The third-order valence-corrected chi connectivity index (χ3v) is 5.03. The van der Waals surface area contributed by atoms with Crippen molar-refractivity contribution in [3.05, 3.63) is 35.4 Å². The molecule has 1 aromatic rings. The lowest BCUT2D eigenvalue weighted by Crippen LogP contribution is -2.53. The number of aliphatic hydroxyl groups excluding tert-OH is 1. The van der Waals surface area contributed by atoms with Gasteiger partial charge in [-0.3, -0.25) is 0 Å². The molecule has 19 heavy (non-hydrogen) atoms. The van der Waals surface area contributed by atoms with Gasteiger partial charge in [-0.25, -0.2) is 0 Å². The Hall–Kier alpha value is -0.860. The standard InChI is InChI=1S/C17H27NO/c1-13-7-4-5-8-14(13)11-17(12-18)10-6-9-16(2,3)15(17)19/h4-5,7-8,15,19H,6,9-12,18H2,1-3H3. The van der Waals surface area contributed by atoms with Crippen LogP contribution in [0.15, 0.2) is 24.3 Å². The van der Waals surface area contributed by atoms with Gasteiger partial charge < -0.3 is 10.8 Å². The fourth-order valence-electron chi connectivity index (χ4n) is 3.66. The van der Waals surface area contributed by atoms with Crippen molar-refractivity contribution in [3.63, 3.8) is 0 Å². The minimum Gasteiger partial charge on any atom is -0.392 e. The summed E-state index contributed by atoms with van der Waals surface area (Å²) in [4.78, 5) is 0. The minimum absolute atomic E-state index is 0.0275. The molecule has 1 aliphatic carbocycles. The molecule has 2 nitrogen and oxygen atoms in total. The number of aryl methyl sites for hydroxylation is 1. The fraction of sp³-hybridized carbons (Fsp3) is 0.647. The molecule has 106 valence electrons. The number of hydrogen-bond acceptors (Lipinski definition) is 2. The van der Waals surface area contributed by atoms with Gasteiger partial charge >= 0.3 is 0 Å². The Balaban J connectivity index is 2.30. The van der Waals surface area contributed by atoms with Crippen molar-refractivity contribution >= 4 is 0 Å². The van der Waals surface area contributed by atoms with Crippen LogP contribution in [0.25, 0.3) is 0 Å². The van der Waals surface area contributed by atoms with Gasteiger partial charge in [0.05, 0.1) is 6.10 Å². The van der Waals surface area contributed by atoms with E-state index in [-0.39, 0.29) is 16.9 Å². The summed E-state index contributed by atoms with van der Waals surface area (Å²) in [7, 11) is 0. The van der Waals surface area contributed by atoms with Crippen molar-refractivity contribution in [2.24, 2.45) is 16.6 Å². The van der Waals surface area contributed by atoms with Crippen molar-refractivity contribution in [2.45, 2.75) is 52.6 Å². The highest BCUT2D eigenvalue weighted by molar-refractivity contribution is 5.27. The van der Waals surface area contributed by atoms with Crippen LogP contribution in [0.2, 0.25) is 0 Å². The van der Waals surface area contributed by atoms with E-state index in [1.165, 1.54) is 11.1 Å². The molecule has 1 aliphatic rings. The molecule has 0 spiro atoms. The molecule has 2 rings (SSSR count). The van der Waals surface area contributed by atoms with E-state index in [1.807, 2.05) is 0 Å². The molecule has 2 heteroatoms. The Morgan fingerprint density at radius 3 is 2.58 bits per heavy atom. The predicted molar refractivity (Wildman–Crippen MR) is 80.0 cm³/mol. The number of aliphatic hydroxyl groups is 1. The van der Waals surface area contributed by atoms with Crippen LogP contribution in [0.3, 0.4) is 0 Å². The smallest absolute Gasteiger partial charge is 0.0662 e. The molecule has 0 aromatic heterocycles. The average Bonchev–Trinajstić information content (AvgIpc) is 2.38. The third kappa shape index (κ3) is 2.70. The second-order valence-electron chi connectivity index (χ2n) is 6.91. The van der Waals surface area contributed by atoms with Gasteiger partial charge in [0.2, 0.25) is 0 Å². The Morgan fingerprint density at radius 2 is 1.95 bits per heavy atom. The van der Waals surface area contributed by atoms with Crippen LogP contribution >= 0.6 is 0 Å². The maximum Gasteiger partial charge on any atom is 0.0662 e. The lowest BCUT2D eigenvalue weighted by atomic mass is 9.59. The lowest BCUT2D eigenvalue weighted by molar-refractivity contribution is -0.0885. The summed E-state index contributed by atoms with van der Waals surface area (Å²) >= 11 is 0. The zero-order valence-corrected chi connectivity index (χ0v) is 12.4. The van der Waals surface area contributed by atoms with E-state index >= 15 is 0 Å². The molecule has 1 fully saturated rings. The zero-order valence-electron chi connectivity index (χ0n) is 12.4. The van der Waals surface area contributed by atoms with Crippen LogP contribution in [-0.4, -0.2) is 17.8 Å². The first-order chi connectivity index (χ1) is 8.91. The second-order valence-corrected chi connectivity index (χ2v) is 6.91. The van der Waals surface area contributed by atoms with Crippen LogP contribution < -0.4 is 5.73 Å². The Morgan fingerprint density at radius 1 is 1.26 bits per heavy atom. The van der Waals surface area contributed by atoms with E-state index in [2.05, 4.69) is 45.0 Å². The highest BCUT2D eigenvalue weighted by Gasteiger charge is 2.47. The third-order valence-electron chi connectivity index (χ3n) is 5.03. The summed E-state index contributed by atoms with van der Waals surface area (Å²) in [6.07, 6.45) is 3.85. The first kappa shape index (κ1) is 14.5. The van der Waals surface area contributed by atoms with Crippen molar-refractivity contribution in [2.75, 3.05) is 6.54 Å². The summed E-state index contributed by atoms with van der Waals surface area (Å²) < 4.78 is 0. The topological polar surface area (TPSA) is 46.2 Å². The number of hydrogen-bond donors (Lipinski definition) is 2. The number of nitrogens with two attached hydrogens (primary N) is 1. The highest BCUT2D eigenvalue weighted by atomic mass is 16.3. The maximum absolute atomic E-state index is 10.8. The van der Waals surface area contributed by atoms with Crippen LogP contribution in [0.4, 0.5) is 0 Å². The summed E-state index contributed by atoms with van der Waals surface area (Å²) in [6, 6.07) is 8.45. The highest BCUT2D eigenvalue weighted by Crippen LogP contribution is 2.47. The molecule has 0 heterocycles. The first-order valence-corrected chi connectivity index (χ1v) is 7.34. The van der Waals surface area contributed by atoms with Crippen LogP contribution in [0, 0.1) is 17.8 Å². The number of benzene rings is 1.